The van der Waals surface area contributed by atoms with Crippen molar-refractivity contribution in [1.82, 2.24) is 15.1 Å². The van der Waals surface area contributed by atoms with E-state index in [1.165, 1.54) is 6.07 Å². The number of hydrogen-bond acceptors (Lipinski definition) is 2. The number of nitrogens with zero attached hydrogens (tertiary/aromatic N) is 2. The minimum absolute atomic E-state index is 0.0762. The Morgan fingerprint density at radius 2 is 2.05 bits per heavy atom. The summed E-state index contributed by atoms with van der Waals surface area (Å²) in [7, 11) is 1.88. The van der Waals surface area contributed by atoms with Crippen molar-refractivity contribution in [3.05, 3.63) is 52.0 Å². The molecule has 1 aromatic carbocycles. The van der Waals surface area contributed by atoms with Gasteiger partial charge in [-0.1, -0.05) is 15.9 Å². The highest BCUT2D eigenvalue weighted by molar-refractivity contribution is 9.10. The molecule has 0 aliphatic rings. The summed E-state index contributed by atoms with van der Waals surface area (Å²) >= 11 is 3.37. The van der Waals surface area contributed by atoms with Crippen LogP contribution in [-0.4, -0.2) is 9.78 Å². The highest BCUT2D eigenvalue weighted by atomic mass is 79.9. The van der Waals surface area contributed by atoms with Crippen molar-refractivity contribution >= 4 is 15.9 Å². The Balaban J connectivity index is 2.12. The van der Waals surface area contributed by atoms with Crippen LogP contribution in [0, 0.1) is 5.82 Å². The number of nitrogens with one attached hydrogen (secondary N) is 1. The predicted molar refractivity (Wildman–Crippen MR) is 77.3 cm³/mol. The molecule has 1 aromatic heterocycles. The molecule has 0 saturated carbocycles. The zero-order valence-electron chi connectivity index (χ0n) is 11.2. The Bertz CT molecular complexity index is 568. The van der Waals surface area contributed by atoms with Crippen LogP contribution < -0.4 is 5.32 Å². The Hall–Kier alpha value is -1.20. The molecule has 2 aromatic rings. The smallest absolute Gasteiger partial charge is 0.128 e. The number of hydrogen-bond donors (Lipinski definition) is 1. The van der Waals surface area contributed by atoms with E-state index in [1.807, 2.05) is 39.4 Å². The third-order valence-corrected chi connectivity index (χ3v) is 3.64. The molecule has 0 aliphatic carbocycles. The summed E-state index contributed by atoms with van der Waals surface area (Å²) in [4.78, 5) is 0. The molecule has 1 heterocycles. The molecule has 102 valence electrons. The van der Waals surface area contributed by atoms with Crippen LogP contribution in [0.4, 0.5) is 4.39 Å². The summed E-state index contributed by atoms with van der Waals surface area (Å²) < 4.78 is 16.4. The van der Waals surface area contributed by atoms with Gasteiger partial charge >= 0.3 is 0 Å². The van der Waals surface area contributed by atoms with E-state index < -0.39 is 0 Å². The zero-order chi connectivity index (χ0) is 14.0. The second kappa shape index (κ2) is 5.84. The number of benzene rings is 1. The van der Waals surface area contributed by atoms with Gasteiger partial charge in [0.05, 0.1) is 6.20 Å². The minimum Gasteiger partial charge on any atom is -0.303 e. The number of aromatic nitrogens is 2. The van der Waals surface area contributed by atoms with Gasteiger partial charge in [0.15, 0.2) is 0 Å². The number of rotatable bonds is 4. The molecule has 1 N–H and O–H groups in total. The van der Waals surface area contributed by atoms with Gasteiger partial charge in [0, 0.05) is 40.9 Å². The van der Waals surface area contributed by atoms with Crippen LogP contribution in [0.3, 0.4) is 0 Å². The lowest BCUT2D eigenvalue weighted by Crippen LogP contribution is -2.23. The predicted octanol–water partition coefficient (Wildman–Crippen LogP) is 3.73. The molecular formula is C14H17BrFN3. The summed E-state index contributed by atoms with van der Waals surface area (Å²) in [6.45, 7) is 4.00. The Kier molecular flexibility index (Phi) is 4.37. The van der Waals surface area contributed by atoms with Crippen molar-refractivity contribution in [2.24, 2.45) is 7.05 Å². The van der Waals surface area contributed by atoms with Gasteiger partial charge in [0.2, 0.25) is 0 Å². The van der Waals surface area contributed by atoms with Crippen molar-refractivity contribution < 1.29 is 4.39 Å². The molecule has 0 spiro atoms. The minimum atomic E-state index is -0.193. The van der Waals surface area contributed by atoms with Crippen LogP contribution in [-0.2, 0) is 7.05 Å². The van der Waals surface area contributed by atoms with Crippen LogP contribution in [0.1, 0.15) is 37.1 Å². The van der Waals surface area contributed by atoms with Gasteiger partial charge < -0.3 is 5.32 Å². The van der Waals surface area contributed by atoms with E-state index in [4.69, 9.17) is 0 Å². The Morgan fingerprint density at radius 3 is 2.68 bits per heavy atom. The van der Waals surface area contributed by atoms with Crippen molar-refractivity contribution in [2.75, 3.05) is 0 Å². The Labute approximate surface area is 121 Å². The third-order valence-electron chi connectivity index (χ3n) is 3.15. The molecular weight excluding hydrogens is 309 g/mol. The molecule has 0 saturated heterocycles. The van der Waals surface area contributed by atoms with Gasteiger partial charge in [-0.25, -0.2) is 4.39 Å². The molecule has 0 aliphatic heterocycles. The van der Waals surface area contributed by atoms with Crippen LogP contribution in [0.5, 0.6) is 0 Å². The van der Waals surface area contributed by atoms with Crippen molar-refractivity contribution in [1.29, 1.82) is 0 Å². The maximum Gasteiger partial charge on any atom is 0.128 e. The topological polar surface area (TPSA) is 29.9 Å². The summed E-state index contributed by atoms with van der Waals surface area (Å²) in [6, 6.07) is 5.03. The normalized spacial score (nSPS) is 14.4. The Morgan fingerprint density at radius 1 is 1.32 bits per heavy atom. The van der Waals surface area contributed by atoms with E-state index in [-0.39, 0.29) is 17.9 Å². The van der Waals surface area contributed by atoms with Crippen molar-refractivity contribution in [3.63, 3.8) is 0 Å². The lowest BCUT2D eigenvalue weighted by atomic mass is 10.1. The molecule has 0 unspecified atom stereocenters. The first-order chi connectivity index (χ1) is 8.97. The molecule has 2 rings (SSSR count). The van der Waals surface area contributed by atoms with Crippen LogP contribution in [0.2, 0.25) is 0 Å². The molecule has 3 nitrogen and oxygen atoms in total. The van der Waals surface area contributed by atoms with Gasteiger partial charge in [-0.15, -0.1) is 0 Å². The first-order valence-electron chi connectivity index (χ1n) is 6.17. The average molecular weight is 326 g/mol. The fraction of sp³-hybridized carbons (Fsp3) is 0.357. The molecule has 5 heteroatoms. The van der Waals surface area contributed by atoms with Gasteiger partial charge in [0.1, 0.15) is 5.82 Å². The van der Waals surface area contributed by atoms with Gasteiger partial charge in [-0.3, -0.25) is 4.68 Å². The molecule has 0 amide bonds. The molecule has 2 atom stereocenters. The lowest BCUT2D eigenvalue weighted by Gasteiger charge is -2.20. The second-order valence-electron chi connectivity index (χ2n) is 4.72. The highest BCUT2D eigenvalue weighted by Crippen LogP contribution is 2.24. The maximum absolute atomic E-state index is 13.8. The highest BCUT2D eigenvalue weighted by Gasteiger charge is 2.15. The van der Waals surface area contributed by atoms with Crippen molar-refractivity contribution in [3.8, 4) is 0 Å². The van der Waals surface area contributed by atoms with Gasteiger partial charge in [-0.05, 0) is 32.0 Å². The fourth-order valence-corrected chi connectivity index (χ4v) is 2.45. The van der Waals surface area contributed by atoms with E-state index in [0.717, 1.165) is 10.0 Å². The lowest BCUT2D eigenvalue weighted by molar-refractivity contribution is 0.473. The molecule has 19 heavy (non-hydrogen) atoms. The SMILES string of the molecule is C[C@H](N[C@H](C)c1cc(Br)ccc1F)c1cnn(C)c1. The number of aryl methyl sites for hydroxylation is 1. The summed E-state index contributed by atoms with van der Waals surface area (Å²) in [5.41, 5.74) is 1.75. The molecule has 0 radical (unpaired) electrons. The van der Waals surface area contributed by atoms with E-state index in [1.54, 1.807) is 10.7 Å². The number of halogens is 2. The van der Waals surface area contributed by atoms with E-state index >= 15 is 0 Å². The maximum atomic E-state index is 13.8. The average Bonchev–Trinajstić information content (AvgIpc) is 2.79. The van der Waals surface area contributed by atoms with Crippen molar-refractivity contribution in [2.45, 2.75) is 25.9 Å². The van der Waals surface area contributed by atoms with Crippen LogP contribution >= 0.6 is 15.9 Å². The van der Waals surface area contributed by atoms with Gasteiger partial charge in [0.25, 0.3) is 0 Å². The second-order valence-corrected chi connectivity index (χ2v) is 5.64. The van der Waals surface area contributed by atoms with Crippen LogP contribution in [0.25, 0.3) is 0 Å². The third kappa shape index (κ3) is 3.42. The van der Waals surface area contributed by atoms with Crippen LogP contribution in [0.15, 0.2) is 35.1 Å². The molecule has 0 fully saturated rings. The summed E-state index contributed by atoms with van der Waals surface area (Å²) in [6.07, 6.45) is 3.78. The first-order valence-corrected chi connectivity index (χ1v) is 6.96. The standard InChI is InChI=1S/C14H17BrFN3/c1-9(11-7-17-19(3)8-11)18-10(2)13-6-12(15)4-5-14(13)16/h4-10,18H,1-3H3/t9-,10+/m0/s1. The molecule has 0 bridgehead atoms. The zero-order valence-corrected chi connectivity index (χ0v) is 12.8. The van der Waals surface area contributed by atoms with Gasteiger partial charge in [-0.2, -0.15) is 5.10 Å². The van der Waals surface area contributed by atoms with E-state index in [2.05, 4.69) is 26.3 Å². The van der Waals surface area contributed by atoms with E-state index in [0.29, 0.717) is 5.56 Å². The quantitative estimate of drug-likeness (QED) is 0.928. The largest absolute Gasteiger partial charge is 0.303 e. The first kappa shape index (κ1) is 14.2. The monoisotopic (exact) mass is 325 g/mol. The summed E-state index contributed by atoms with van der Waals surface area (Å²) in [5, 5.41) is 7.52. The van der Waals surface area contributed by atoms with E-state index in [9.17, 15) is 4.39 Å². The fourth-order valence-electron chi connectivity index (χ4n) is 2.07. The summed E-state index contributed by atoms with van der Waals surface area (Å²) in [5.74, 6) is -0.193.